The van der Waals surface area contributed by atoms with Crippen molar-refractivity contribution in [2.75, 3.05) is 56.4 Å². The molecule has 0 bridgehead atoms. The molecule has 6 rings (SSSR count). The zero-order valence-electron chi connectivity index (χ0n) is 26.0. The molecular weight excluding hydrogens is 597 g/mol. The Hall–Kier alpha value is -4.20. The molecule has 2 aliphatic rings. The highest BCUT2D eigenvalue weighted by Gasteiger charge is 2.34. The Morgan fingerprint density at radius 3 is 2.48 bits per heavy atom. The van der Waals surface area contributed by atoms with E-state index < -0.39 is 11.7 Å². The number of halogens is 3. The summed E-state index contributed by atoms with van der Waals surface area (Å²) in [6.07, 6.45) is -1.34. The predicted molar refractivity (Wildman–Crippen MR) is 171 cm³/mol. The molecule has 1 amide bonds. The molecule has 0 aliphatic carbocycles. The van der Waals surface area contributed by atoms with Crippen LogP contribution in [0.4, 0.5) is 30.6 Å². The van der Waals surface area contributed by atoms with Gasteiger partial charge in [0.1, 0.15) is 17.3 Å². The van der Waals surface area contributed by atoms with Crippen molar-refractivity contribution >= 4 is 34.4 Å². The molecule has 46 heavy (non-hydrogen) atoms. The number of carbonyl (C=O) groups excluding carboxylic acids is 1. The number of hydrogen-bond donors (Lipinski definition) is 3. The van der Waals surface area contributed by atoms with Crippen LogP contribution in [0.2, 0.25) is 0 Å². The van der Waals surface area contributed by atoms with Gasteiger partial charge in [0.25, 0.3) is 0 Å². The highest BCUT2D eigenvalue weighted by Crippen LogP contribution is 2.36. The summed E-state index contributed by atoms with van der Waals surface area (Å²) in [7, 11) is 1.79. The monoisotopic (exact) mass is 636 g/mol. The van der Waals surface area contributed by atoms with Crippen molar-refractivity contribution in [3.63, 3.8) is 0 Å². The number of rotatable bonds is 9. The highest BCUT2D eigenvalue weighted by atomic mass is 19.4. The number of fused-ring (bicyclic) bond motifs is 1. The van der Waals surface area contributed by atoms with Gasteiger partial charge in [0.2, 0.25) is 11.9 Å². The molecule has 10 nitrogen and oxygen atoms in total. The van der Waals surface area contributed by atoms with Gasteiger partial charge in [-0.3, -0.25) is 9.69 Å². The van der Waals surface area contributed by atoms with Crippen molar-refractivity contribution in [2.45, 2.75) is 32.5 Å². The number of benzene rings is 2. The first kappa shape index (κ1) is 31.8. The Kier molecular flexibility index (Phi) is 9.43. The van der Waals surface area contributed by atoms with E-state index in [1.165, 1.54) is 0 Å². The molecule has 2 aromatic carbocycles. The average molecular weight is 637 g/mol. The number of pyridine rings is 1. The number of nitrogens with zero attached hydrogens (tertiary/aromatic N) is 5. The van der Waals surface area contributed by atoms with Gasteiger partial charge >= 0.3 is 6.18 Å². The maximum atomic E-state index is 14.2. The lowest BCUT2D eigenvalue weighted by Gasteiger charge is -2.34. The van der Waals surface area contributed by atoms with Crippen LogP contribution in [-0.2, 0) is 24.6 Å². The van der Waals surface area contributed by atoms with Gasteiger partial charge in [-0.15, -0.1) is 0 Å². The maximum absolute atomic E-state index is 14.2. The first-order chi connectivity index (χ1) is 22.2. The number of aromatic nitrogens is 3. The molecular formula is C33H39F3N8O2. The molecule has 0 unspecified atom stereocenters. The third-order valence-corrected chi connectivity index (χ3v) is 8.76. The number of carbonyl (C=O) groups is 1. The number of anilines is 3. The van der Waals surface area contributed by atoms with Crippen LogP contribution < -0.4 is 20.7 Å². The number of piperazine rings is 1. The maximum Gasteiger partial charge on any atom is 0.416 e. The van der Waals surface area contributed by atoms with Crippen LogP contribution >= 0.6 is 0 Å². The second kappa shape index (κ2) is 13.7. The number of piperidine rings is 1. The second-order valence-electron chi connectivity index (χ2n) is 11.8. The minimum absolute atomic E-state index is 0.0486. The zero-order valence-corrected chi connectivity index (χ0v) is 26.0. The molecule has 0 radical (unpaired) electrons. The summed E-state index contributed by atoms with van der Waals surface area (Å²) in [5, 5.41) is 9.22. The van der Waals surface area contributed by atoms with Gasteiger partial charge in [-0.25, -0.2) is 9.97 Å². The SMILES string of the molecule is CCN1CCN(Cc2ccc(Nc3nc4ccc(Oc5ccnc(NC(=O)C6CCNCC6)c5)cc4n3C)cc2C(F)(F)F)CC1. The predicted octanol–water partition coefficient (Wildman–Crippen LogP) is 5.60. The van der Waals surface area contributed by atoms with Crippen LogP contribution in [-0.4, -0.2) is 76.1 Å². The summed E-state index contributed by atoms with van der Waals surface area (Å²) < 4.78 is 50.3. The van der Waals surface area contributed by atoms with E-state index in [0.29, 0.717) is 34.5 Å². The number of hydrogen-bond acceptors (Lipinski definition) is 8. The van der Waals surface area contributed by atoms with E-state index in [9.17, 15) is 18.0 Å². The van der Waals surface area contributed by atoms with Gasteiger partial charge < -0.3 is 30.2 Å². The number of imidazole rings is 1. The fourth-order valence-electron chi connectivity index (χ4n) is 6.03. The van der Waals surface area contributed by atoms with Gasteiger partial charge in [0.15, 0.2) is 0 Å². The van der Waals surface area contributed by atoms with Gasteiger partial charge in [-0.1, -0.05) is 13.0 Å². The van der Waals surface area contributed by atoms with E-state index >= 15 is 0 Å². The molecule has 13 heteroatoms. The van der Waals surface area contributed by atoms with Gasteiger partial charge in [-0.05, 0) is 68.4 Å². The first-order valence-electron chi connectivity index (χ1n) is 15.7. The van der Waals surface area contributed by atoms with Crippen LogP contribution in [0.15, 0.2) is 54.7 Å². The number of aryl methyl sites for hydroxylation is 1. The van der Waals surface area contributed by atoms with Crippen molar-refractivity contribution in [1.82, 2.24) is 29.7 Å². The van der Waals surface area contributed by atoms with Crippen LogP contribution in [0.1, 0.15) is 30.9 Å². The molecule has 2 saturated heterocycles. The fourth-order valence-corrected chi connectivity index (χ4v) is 6.03. The van der Waals surface area contributed by atoms with E-state index in [1.54, 1.807) is 54.2 Å². The Balaban J connectivity index is 1.15. The third kappa shape index (κ3) is 7.43. The lowest BCUT2D eigenvalue weighted by molar-refractivity contribution is -0.138. The molecule has 2 aliphatic heterocycles. The lowest BCUT2D eigenvalue weighted by Crippen LogP contribution is -2.45. The Morgan fingerprint density at radius 1 is 1.00 bits per heavy atom. The lowest BCUT2D eigenvalue weighted by atomic mass is 9.97. The van der Waals surface area contributed by atoms with Crippen molar-refractivity contribution in [2.24, 2.45) is 13.0 Å². The summed E-state index contributed by atoms with van der Waals surface area (Å²) in [5.41, 5.74) is 1.30. The molecule has 2 fully saturated rings. The molecule has 0 spiro atoms. The van der Waals surface area contributed by atoms with Gasteiger partial charge in [-0.2, -0.15) is 13.2 Å². The van der Waals surface area contributed by atoms with Crippen LogP contribution in [0.5, 0.6) is 11.5 Å². The van der Waals surface area contributed by atoms with Gasteiger partial charge in [0, 0.05) is 69.7 Å². The van der Waals surface area contributed by atoms with Crippen molar-refractivity contribution in [1.29, 1.82) is 0 Å². The Morgan fingerprint density at radius 2 is 1.74 bits per heavy atom. The molecule has 3 N–H and O–H groups in total. The van der Waals surface area contributed by atoms with Crippen LogP contribution in [0.25, 0.3) is 11.0 Å². The zero-order chi connectivity index (χ0) is 32.3. The normalized spacial score (nSPS) is 16.9. The summed E-state index contributed by atoms with van der Waals surface area (Å²) >= 11 is 0. The Bertz CT molecular complexity index is 1680. The van der Waals surface area contributed by atoms with E-state index in [-0.39, 0.29) is 23.9 Å². The smallest absolute Gasteiger partial charge is 0.416 e. The van der Waals surface area contributed by atoms with Crippen molar-refractivity contribution < 1.29 is 22.7 Å². The largest absolute Gasteiger partial charge is 0.457 e. The van der Waals surface area contributed by atoms with Crippen molar-refractivity contribution in [3.05, 3.63) is 65.9 Å². The quantitative estimate of drug-likeness (QED) is 0.219. The highest BCUT2D eigenvalue weighted by molar-refractivity contribution is 5.92. The minimum Gasteiger partial charge on any atom is -0.457 e. The number of amides is 1. The Labute approximate surface area is 265 Å². The summed E-state index contributed by atoms with van der Waals surface area (Å²) in [4.78, 5) is 25.9. The fraction of sp³-hybridized carbons (Fsp3) is 0.424. The molecule has 2 aromatic heterocycles. The number of likely N-dealkylation sites (N-methyl/N-ethyl adjacent to an activating group) is 1. The minimum atomic E-state index is -4.49. The van der Waals surface area contributed by atoms with Crippen molar-refractivity contribution in [3.8, 4) is 11.5 Å². The summed E-state index contributed by atoms with van der Waals surface area (Å²) in [5.74, 6) is 1.75. The van der Waals surface area contributed by atoms with Crippen LogP contribution in [0.3, 0.4) is 0 Å². The molecule has 244 valence electrons. The molecule has 0 atom stereocenters. The third-order valence-electron chi connectivity index (χ3n) is 8.76. The van der Waals surface area contributed by atoms with E-state index in [2.05, 4.69) is 42.6 Å². The van der Waals surface area contributed by atoms with E-state index in [0.717, 1.165) is 70.2 Å². The number of ether oxygens (including phenoxy) is 1. The molecule has 4 heterocycles. The van der Waals surface area contributed by atoms with E-state index in [4.69, 9.17) is 4.74 Å². The van der Waals surface area contributed by atoms with Gasteiger partial charge in [0.05, 0.1) is 16.6 Å². The van der Waals surface area contributed by atoms with Crippen LogP contribution in [0, 0.1) is 5.92 Å². The first-order valence-corrected chi connectivity index (χ1v) is 15.7. The molecule has 4 aromatic rings. The standard InChI is InChI=1S/C33H39F3N8O2/c1-3-43-14-16-44(17-15-43)21-23-4-5-24(18-27(23)33(34,35)36)39-32-40-28-7-6-25(19-29(28)42(32)2)46-26-10-13-38-30(20-26)41-31(45)22-8-11-37-12-9-22/h4-7,10,13,18-20,22,37H,3,8-9,11-12,14-17,21H2,1-2H3,(H,39,40)(H,38,41,45). The second-order valence-corrected chi connectivity index (χ2v) is 11.8. The average Bonchev–Trinajstić information content (AvgIpc) is 3.36. The summed E-state index contributed by atoms with van der Waals surface area (Å²) in [6.45, 7) is 8.14. The number of nitrogens with one attached hydrogen (secondary N) is 3. The number of alkyl halides is 3. The molecule has 0 saturated carbocycles. The topological polar surface area (TPSA) is 99.6 Å². The van der Waals surface area contributed by atoms with E-state index in [1.807, 2.05) is 6.07 Å². The summed E-state index contributed by atoms with van der Waals surface area (Å²) in [6, 6.07) is 13.1.